The second-order valence-electron chi connectivity index (χ2n) is 7.33. The molecule has 0 fully saturated rings. The van der Waals surface area contributed by atoms with E-state index in [-0.39, 0.29) is 18.6 Å². The molecule has 1 N–H and O–H groups in total. The molecule has 3 nitrogen and oxygen atoms in total. The molecule has 0 spiro atoms. The van der Waals surface area contributed by atoms with Crippen LogP contribution in [0.3, 0.4) is 0 Å². The zero-order valence-electron chi connectivity index (χ0n) is 16.7. The quantitative estimate of drug-likeness (QED) is 0.602. The Kier molecular flexibility index (Phi) is 6.49. The summed E-state index contributed by atoms with van der Waals surface area (Å²) in [5.74, 6) is 1.02. The Balaban J connectivity index is 1.68. The average molecular weight is 373 g/mol. The summed E-state index contributed by atoms with van der Waals surface area (Å²) in [4.78, 5) is 12.6. The van der Waals surface area contributed by atoms with E-state index in [4.69, 9.17) is 4.74 Å². The maximum atomic E-state index is 12.6. The first-order valence-corrected chi connectivity index (χ1v) is 9.66. The van der Waals surface area contributed by atoms with Crippen LogP contribution in [0, 0.1) is 6.92 Å². The molecule has 3 aromatic rings. The van der Waals surface area contributed by atoms with E-state index >= 15 is 0 Å². The number of amides is 1. The minimum atomic E-state index is -0.207. The molecule has 1 amide bonds. The van der Waals surface area contributed by atoms with Crippen LogP contribution >= 0.6 is 0 Å². The summed E-state index contributed by atoms with van der Waals surface area (Å²) in [6.07, 6.45) is 0. The number of benzene rings is 3. The van der Waals surface area contributed by atoms with Crippen molar-refractivity contribution < 1.29 is 9.53 Å². The normalized spacial score (nSPS) is 11.9. The van der Waals surface area contributed by atoms with E-state index in [1.165, 1.54) is 11.1 Å². The molecule has 3 heteroatoms. The topological polar surface area (TPSA) is 38.3 Å². The van der Waals surface area contributed by atoms with Gasteiger partial charge < -0.3 is 10.1 Å². The lowest BCUT2D eigenvalue weighted by Gasteiger charge is -2.20. The van der Waals surface area contributed by atoms with Gasteiger partial charge in [-0.25, -0.2) is 0 Å². The van der Waals surface area contributed by atoms with Crippen LogP contribution < -0.4 is 10.1 Å². The third kappa shape index (κ3) is 5.23. The van der Waals surface area contributed by atoms with Gasteiger partial charge in [0.1, 0.15) is 5.75 Å². The molecule has 28 heavy (non-hydrogen) atoms. The van der Waals surface area contributed by atoms with Gasteiger partial charge in [0.15, 0.2) is 6.61 Å². The molecule has 144 valence electrons. The second-order valence-corrected chi connectivity index (χ2v) is 7.33. The van der Waals surface area contributed by atoms with E-state index in [2.05, 4.69) is 50.4 Å². The van der Waals surface area contributed by atoms with E-state index in [1.807, 2.05) is 54.6 Å². The molecule has 1 atom stereocenters. The van der Waals surface area contributed by atoms with Crippen molar-refractivity contribution in [3.8, 4) is 5.75 Å². The third-order valence-corrected chi connectivity index (χ3v) is 4.77. The summed E-state index contributed by atoms with van der Waals surface area (Å²) in [7, 11) is 0. The monoisotopic (exact) mass is 373 g/mol. The first-order valence-electron chi connectivity index (χ1n) is 9.66. The maximum Gasteiger partial charge on any atom is 0.258 e. The minimum absolute atomic E-state index is 0.0176. The maximum absolute atomic E-state index is 12.6. The van der Waals surface area contributed by atoms with Crippen molar-refractivity contribution in [3.63, 3.8) is 0 Å². The van der Waals surface area contributed by atoms with Crippen molar-refractivity contribution in [2.75, 3.05) is 6.61 Å². The standard InChI is InChI=1S/C25H27NO2/c1-18(2)20-13-15-23(16-14-20)28-17-24(27)26-25(21-7-5-4-6-8-21)22-11-9-19(3)10-12-22/h4-16,18,25H,17H2,1-3H3,(H,26,27). The van der Waals surface area contributed by atoms with Crippen LogP contribution in [0.2, 0.25) is 0 Å². The highest BCUT2D eigenvalue weighted by Crippen LogP contribution is 2.23. The molecule has 1 unspecified atom stereocenters. The summed E-state index contributed by atoms with van der Waals surface area (Å²) < 4.78 is 5.68. The van der Waals surface area contributed by atoms with Gasteiger partial charge in [-0.2, -0.15) is 0 Å². The van der Waals surface area contributed by atoms with Crippen LogP contribution in [0.15, 0.2) is 78.9 Å². The number of hydrogen-bond acceptors (Lipinski definition) is 2. The van der Waals surface area contributed by atoms with E-state index in [9.17, 15) is 4.79 Å². The molecule has 3 rings (SSSR count). The predicted molar refractivity (Wildman–Crippen MR) is 114 cm³/mol. The molecule has 0 saturated carbocycles. The number of rotatable bonds is 7. The van der Waals surface area contributed by atoms with Crippen molar-refractivity contribution >= 4 is 5.91 Å². The Labute approximate surface area is 167 Å². The third-order valence-electron chi connectivity index (χ3n) is 4.77. The Hall–Kier alpha value is -3.07. The lowest BCUT2D eigenvalue weighted by Crippen LogP contribution is -2.33. The van der Waals surface area contributed by atoms with Crippen LogP contribution in [-0.4, -0.2) is 12.5 Å². The van der Waals surface area contributed by atoms with Gasteiger partial charge in [0.2, 0.25) is 0 Å². The molecular weight excluding hydrogens is 346 g/mol. The number of ether oxygens (including phenoxy) is 1. The SMILES string of the molecule is Cc1ccc(C(NC(=O)COc2ccc(C(C)C)cc2)c2ccccc2)cc1. The zero-order chi connectivity index (χ0) is 19.9. The molecule has 0 aliphatic rings. The van der Waals surface area contributed by atoms with Crippen LogP contribution in [-0.2, 0) is 4.79 Å². The van der Waals surface area contributed by atoms with Gasteiger partial charge >= 0.3 is 0 Å². The van der Waals surface area contributed by atoms with E-state index < -0.39 is 0 Å². The van der Waals surface area contributed by atoms with Crippen molar-refractivity contribution in [1.29, 1.82) is 0 Å². The molecular formula is C25H27NO2. The van der Waals surface area contributed by atoms with Crippen molar-refractivity contribution in [1.82, 2.24) is 5.32 Å². The van der Waals surface area contributed by atoms with Crippen LogP contribution in [0.1, 0.15) is 48.1 Å². The largest absolute Gasteiger partial charge is 0.484 e. The molecule has 0 aromatic heterocycles. The number of nitrogens with one attached hydrogen (secondary N) is 1. The lowest BCUT2D eigenvalue weighted by atomic mass is 9.98. The first-order chi connectivity index (χ1) is 13.5. The fourth-order valence-corrected chi connectivity index (χ4v) is 3.06. The Morgan fingerprint density at radius 3 is 2.00 bits per heavy atom. The number of carbonyl (C=O) groups is 1. The summed E-state index contributed by atoms with van der Waals surface area (Å²) in [5, 5.41) is 3.10. The number of hydrogen-bond donors (Lipinski definition) is 1. The van der Waals surface area contributed by atoms with E-state index in [1.54, 1.807) is 0 Å². The fraction of sp³-hybridized carbons (Fsp3) is 0.240. The Bertz CT molecular complexity index is 884. The zero-order valence-corrected chi connectivity index (χ0v) is 16.7. The average Bonchev–Trinajstić information content (AvgIpc) is 2.72. The smallest absolute Gasteiger partial charge is 0.258 e. The van der Waals surface area contributed by atoms with Crippen molar-refractivity contribution in [2.45, 2.75) is 32.7 Å². The van der Waals surface area contributed by atoms with Gasteiger partial charge in [-0.15, -0.1) is 0 Å². The number of carbonyl (C=O) groups excluding carboxylic acids is 1. The van der Waals surface area contributed by atoms with Gasteiger partial charge in [0.05, 0.1) is 6.04 Å². The van der Waals surface area contributed by atoms with Gasteiger partial charge in [-0.3, -0.25) is 4.79 Å². The van der Waals surface area contributed by atoms with Gasteiger partial charge in [0.25, 0.3) is 5.91 Å². The van der Waals surface area contributed by atoms with Gasteiger partial charge in [0, 0.05) is 0 Å². The molecule has 0 heterocycles. The Morgan fingerprint density at radius 2 is 1.39 bits per heavy atom. The highest BCUT2D eigenvalue weighted by molar-refractivity contribution is 5.78. The van der Waals surface area contributed by atoms with Crippen LogP contribution in [0.5, 0.6) is 5.75 Å². The van der Waals surface area contributed by atoms with Crippen molar-refractivity contribution in [3.05, 3.63) is 101 Å². The highest BCUT2D eigenvalue weighted by atomic mass is 16.5. The van der Waals surface area contributed by atoms with Crippen LogP contribution in [0.25, 0.3) is 0 Å². The molecule has 0 radical (unpaired) electrons. The van der Waals surface area contributed by atoms with E-state index in [0.29, 0.717) is 11.7 Å². The molecule has 0 aliphatic heterocycles. The summed E-state index contributed by atoms with van der Waals surface area (Å²) in [6.45, 7) is 6.34. The molecule has 0 saturated heterocycles. The van der Waals surface area contributed by atoms with E-state index in [0.717, 1.165) is 11.1 Å². The minimum Gasteiger partial charge on any atom is -0.484 e. The van der Waals surface area contributed by atoms with Gasteiger partial charge in [-0.1, -0.05) is 86.1 Å². The van der Waals surface area contributed by atoms with Crippen LogP contribution in [0.4, 0.5) is 0 Å². The molecule has 3 aromatic carbocycles. The molecule has 0 bridgehead atoms. The first kappa shape index (κ1) is 19.7. The summed E-state index contributed by atoms with van der Waals surface area (Å²) >= 11 is 0. The number of aryl methyl sites for hydroxylation is 1. The summed E-state index contributed by atoms with van der Waals surface area (Å²) in [5.41, 5.74) is 4.53. The predicted octanol–water partition coefficient (Wildman–Crippen LogP) is 5.40. The lowest BCUT2D eigenvalue weighted by molar-refractivity contribution is -0.123. The fourth-order valence-electron chi connectivity index (χ4n) is 3.06. The highest BCUT2D eigenvalue weighted by Gasteiger charge is 2.17. The summed E-state index contributed by atoms with van der Waals surface area (Å²) in [6, 6.07) is 25.9. The van der Waals surface area contributed by atoms with Gasteiger partial charge in [-0.05, 0) is 41.7 Å². The molecule has 0 aliphatic carbocycles. The Morgan fingerprint density at radius 1 is 0.821 bits per heavy atom. The second kappa shape index (κ2) is 9.23. The van der Waals surface area contributed by atoms with Crippen molar-refractivity contribution in [2.24, 2.45) is 0 Å².